The molecule has 5 aromatic carbocycles. The first-order valence-electron chi connectivity index (χ1n) is 17.8. The molecule has 0 spiro atoms. The van der Waals surface area contributed by atoms with Crippen molar-refractivity contribution in [3.63, 3.8) is 0 Å². The van der Waals surface area contributed by atoms with Crippen LogP contribution in [0.1, 0.15) is 27.9 Å². The first-order chi connectivity index (χ1) is 28.3. The van der Waals surface area contributed by atoms with Crippen LogP contribution in [0.3, 0.4) is 0 Å². The number of benzene rings is 5. The number of carbonyl (C=O) groups is 1. The summed E-state index contributed by atoms with van der Waals surface area (Å²) < 4.78 is 53.3. The predicted molar refractivity (Wildman–Crippen MR) is 226 cm³/mol. The van der Waals surface area contributed by atoms with E-state index in [1.165, 1.54) is 50.0 Å². The van der Waals surface area contributed by atoms with E-state index in [2.05, 4.69) is 40.3 Å². The van der Waals surface area contributed by atoms with Gasteiger partial charge in [0.1, 0.15) is 22.9 Å². The number of hydrogen-bond donors (Lipinski definition) is 7. The van der Waals surface area contributed by atoms with Crippen LogP contribution in [0.15, 0.2) is 132 Å². The van der Waals surface area contributed by atoms with E-state index >= 15 is 0 Å². The van der Waals surface area contributed by atoms with Crippen molar-refractivity contribution < 1.29 is 55.7 Å². The zero-order valence-electron chi connectivity index (χ0n) is 34.6. The number of azo groups is 2. The number of phenolic OH excluding ortho intramolecular Hbond substituents is 2. The Morgan fingerprint density at radius 3 is 1.92 bits per heavy atom. The number of carbonyl (C=O) groups excluding carboxylic acids is 1. The third-order valence-corrected chi connectivity index (χ3v) is 10.7. The van der Waals surface area contributed by atoms with Gasteiger partial charge in [-0.2, -0.15) is 5.11 Å². The number of aryl methyl sites for hydroxylation is 1. The Bertz CT molecular complexity index is 2850. The van der Waals surface area contributed by atoms with Gasteiger partial charge in [-0.1, -0.05) is 62.1 Å². The molecule has 1 amide bonds. The van der Waals surface area contributed by atoms with E-state index in [1.807, 2.05) is 19.9 Å². The number of rotatable bonds is 10. The molecule has 0 fully saturated rings. The number of fused-ring (bicyclic) bond motifs is 1. The van der Waals surface area contributed by atoms with Crippen LogP contribution in [-0.2, 0) is 42.2 Å². The van der Waals surface area contributed by atoms with Crippen molar-refractivity contribution in [3.05, 3.63) is 113 Å². The smallest absolute Gasteiger partial charge is 0.871 e. The van der Waals surface area contributed by atoms with Crippen LogP contribution in [-0.4, -0.2) is 62.9 Å². The number of anilines is 1. The van der Waals surface area contributed by atoms with Crippen LogP contribution in [0.2, 0.25) is 0 Å². The van der Waals surface area contributed by atoms with Gasteiger partial charge in [0.05, 0.1) is 32.5 Å². The van der Waals surface area contributed by atoms with Crippen molar-refractivity contribution in [3.8, 4) is 22.9 Å². The molecular weight excluding hydrogens is 869 g/mol. The number of para-hydroxylation sites is 1. The molecule has 0 saturated heterocycles. The fourth-order valence-corrected chi connectivity index (χ4v) is 6.59. The zero-order chi connectivity index (χ0) is 44.4. The molecule has 0 radical (unpaired) electrons. The fourth-order valence-electron chi connectivity index (χ4n) is 5.09. The van der Waals surface area contributed by atoms with Gasteiger partial charge >= 0.3 is 1.43 Å². The summed E-state index contributed by atoms with van der Waals surface area (Å²) in [6.07, 6.45) is 0. The van der Waals surface area contributed by atoms with E-state index in [-0.39, 0.29) is 68.7 Å². The van der Waals surface area contributed by atoms with Crippen molar-refractivity contribution in [2.45, 2.75) is 43.5 Å². The van der Waals surface area contributed by atoms with Gasteiger partial charge in [-0.3, -0.25) is 14.7 Å². The number of nitrogens with one attached hydrogen (secondary N) is 4. The Kier molecular flexibility index (Phi) is 17.2. The van der Waals surface area contributed by atoms with Crippen LogP contribution in [0.4, 0.5) is 28.4 Å². The van der Waals surface area contributed by atoms with Crippen molar-refractivity contribution in [2.24, 2.45) is 26.2 Å². The van der Waals surface area contributed by atoms with Crippen LogP contribution in [0, 0.1) is 6.92 Å². The number of amides is 1. The van der Waals surface area contributed by atoms with Crippen LogP contribution >= 0.6 is 0 Å². The molecule has 1 aromatic heterocycles. The number of nitrogens with two attached hydrogens (primary N) is 1. The molecule has 0 unspecified atom stereocenters. The van der Waals surface area contributed by atoms with Gasteiger partial charge in [-0.05, 0) is 87.0 Å². The van der Waals surface area contributed by atoms with Gasteiger partial charge in [0, 0.05) is 29.7 Å². The quantitative estimate of drug-likeness (QED) is 0.0802. The van der Waals surface area contributed by atoms with Gasteiger partial charge in [0.15, 0.2) is 5.69 Å². The minimum Gasteiger partial charge on any atom is -0.871 e. The van der Waals surface area contributed by atoms with Gasteiger partial charge in [0.2, 0.25) is 26.0 Å². The summed E-state index contributed by atoms with van der Waals surface area (Å²) >= 11 is 0. The summed E-state index contributed by atoms with van der Waals surface area (Å²) in [6, 6.07) is 24.4. The molecule has 61 heavy (non-hydrogen) atoms. The number of sulfonamides is 2. The molecular formula is C39H44CrN10O9S2. The Morgan fingerprint density at radius 2 is 1.33 bits per heavy atom. The van der Waals surface area contributed by atoms with Crippen molar-refractivity contribution >= 4 is 65.2 Å². The van der Waals surface area contributed by atoms with E-state index in [0.29, 0.717) is 33.9 Å². The molecule has 1 heterocycles. The summed E-state index contributed by atoms with van der Waals surface area (Å²) in [5, 5.41) is 54.6. The second kappa shape index (κ2) is 21.3. The number of aromatic hydroxyl groups is 2. The topological polar surface area (TPSA) is 298 Å². The maximum atomic E-state index is 12.6. The zero-order valence-corrected chi connectivity index (χ0v) is 36.5. The van der Waals surface area contributed by atoms with Crippen molar-refractivity contribution in [1.82, 2.24) is 19.2 Å². The molecule has 0 aliphatic carbocycles. The molecule has 0 saturated carbocycles. The third-order valence-electron chi connectivity index (χ3n) is 7.91. The molecule has 0 atom stereocenters. The maximum absolute atomic E-state index is 12.6. The van der Waals surface area contributed by atoms with Gasteiger partial charge in [-0.25, -0.2) is 31.0 Å². The van der Waals surface area contributed by atoms with E-state index < -0.39 is 31.4 Å². The number of aromatic nitrogens is 2. The number of phenols is 2. The maximum Gasteiger partial charge on any atom is 1.00 e. The van der Waals surface area contributed by atoms with E-state index in [1.54, 1.807) is 55.5 Å². The molecule has 22 heteroatoms. The summed E-state index contributed by atoms with van der Waals surface area (Å²) in [7, 11) is -4.95. The molecule has 0 aliphatic rings. The largest absolute Gasteiger partial charge is 1.00 e. The van der Waals surface area contributed by atoms with E-state index in [0.717, 1.165) is 18.2 Å². The molecule has 6 aromatic rings. The Labute approximate surface area is 363 Å². The Hall–Kier alpha value is -6.25. The minimum absolute atomic E-state index is 0. The standard InChI is InChI=1S/C19H18N4O5S.C17H17N5O4S.C3H9N.Cr/c1-11(24)21-14-5-3-4-12-6-8-17(26)19(18(12)14)23-22-15-10-13(7-9-16(15)25)29(27,28)20-2;1-11-16(17(24)22(21-11)12-6-4-3-5-7-12)20-19-14-10-13(8-9-15(14)23)27(25,26)18-2;1-3(2)4;/h3-10,20,25-26H,1-2H3,(H,21,24);3-10,18,21,23H,1-2H3;3H,4H2,1-2H3;. The summed E-state index contributed by atoms with van der Waals surface area (Å²) in [6.45, 7) is 6.89. The monoisotopic (exact) mass is 912 g/mol. The average molecular weight is 913 g/mol. The fraction of sp³-hybridized carbons (Fsp3) is 0.179. The van der Waals surface area contributed by atoms with Crippen molar-refractivity contribution in [2.75, 3.05) is 19.4 Å². The minimum atomic E-state index is -3.74. The summed E-state index contributed by atoms with van der Waals surface area (Å²) in [5.74, 6) is -1.29. The number of nitrogens with zero attached hydrogens (tertiary/aromatic N) is 5. The van der Waals surface area contributed by atoms with E-state index in [9.17, 15) is 41.7 Å². The average Bonchev–Trinajstić information content (AvgIpc) is 3.49. The van der Waals surface area contributed by atoms with E-state index in [4.69, 9.17) is 5.73 Å². The normalized spacial score (nSPS) is 11.5. The number of H-pyrrole nitrogens is 1. The Morgan fingerprint density at radius 1 is 0.787 bits per heavy atom. The molecule has 0 bridgehead atoms. The predicted octanol–water partition coefficient (Wildman–Crippen LogP) is 5.87. The second-order valence-electron chi connectivity index (χ2n) is 12.9. The molecule has 19 nitrogen and oxygen atoms in total. The molecule has 8 N–H and O–H groups in total. The second-order valence-corrected chi connectivity index (χ2v) is 16.7. The first kappa shape index (κ1) is 49.1. The molecule has 0 aliphatic heterocycles. The molecule has 322 valence electrons. The van der Waals surface area contributed by atoms with Gasteiger partial charge in [0.25, 0.3) is 5.56 Å². The summed E-state index contributed by atoms with van der Waals surface area (Å²) in [4.78, 5) is 23.9. The van der Waals surface area contributed by atoms with Crippen LogP contribution < -0.4 is 31.2 Å². The number of hydrogen-bond acceptors (Lipinski definition) is 14. The Balaban J connectivity index is 0.000000382. The third kappa shape index (κ3) is 12.6. The molecule has 6 rings (SSSR count). The first-order valence-corrected chi connectivity index (χ1v) is 20.8. The SMILES string of the molecule is CC(C)N.CNS(=O)(=O)c1ccc(O)c(N=Nc2c(O)ccc3cccc(NC(C)=O)c23)c1.CNS(=O)(=O)c1ccc([O-])c(N=Nc2c(C)[nH]n(-c3ccccc3)c2=O)c1.[Cr].[H+]. The van der Waals surface area contributed by atoms with Gasteiger partial charge in [-0.15, -0.1) is 15.3 Å². The summed E-state index contributed by atoms with van der Waals surface area (Å²) in [5.41, 5.74) is 5.99. The van der Waals surface area contributed by atoms with Crippen LogP contribution in [0.5, 0.6) is 17.2 Å². The van der Waals surface area contributed by atoms with Crippen LogP contribution in [0.25, 0.3) is 16.5 Å². The number of aromatic amines is 1. The van der Waals surface area contributed by atoms with Crippen molar-refractivity contribution in [1.29, 1.82) is 0 Å². The van der Waals surface area contributed by atoms with Gasteiger partial charge < -0.3 is 26.4 Å².